The molecule has 0 aromatic carbocycles. The third kappa shape index (κ3) is 1.72. The summed E-state index contributed by atoms with van der Waals surface area (Å²) in [5.74, 6) is 0.530. The zero-order valence-corrected chi connectivity index (χ0v) is 8.58. The Bertz CT molecular complexity index is 449. The van der Waals surface area contributed by atoms with Crippen LogP contribution in [-0.2, 0) is 7.05 Å². The van der Waals surface area contributed by atoms with Crippen molar-refractivity contribution in [2.45, 2.75) is 17.2 Å². The van der Waals surface area contributed by atoms with Crippen molar-refractivity contribution in [1.82, 2.24) is 20.0 Å². The van der Waals surface area contributed by atoms with Crippen LogP contribution >= 0.6 is 11.8 Å². The molecule has 2 rings (SSSR count). The molecule has 2 N–H and O–H groups in total. The maximum atomic E-state index is 5.70. The standard InChI is InChI=1S/C7H9N5OS/c1-4-9-10-7(13-4)14-6-5(8)3-12(2)11-6/h3H,8H2,1-2H3. The van der Waals surface area contributed by atoms with Gasteiger partial charge in [0.05, 0.1) is 5.69 Å². The molecule has 0 bridgehead atoms. The monoisotopic (exact) mass is 211 g/mol. The van der Waals surface area contributed by atoms with E-state index in [-0.39, 0.29) is 0 Å². The van der Waals surface area contributed by atoms with E-state index >= 15 is 0 Å². The SMILES string of the molecule is Cc1nnc(Sc2nn(C)cc2N)o1. The van der Waals surface area contributed by atoms with Crippen molar-refractivity contribution < 1.29 is 4.42 Å². The quantitative estimate of drug-likeness (QED) is 0.792. The number of aromatic nitrogens is 4. The van der Waals surface area contributed by atoms with Crippen molar-refractivity contribution in [1.29, 1.82) is 0 Å². The molecule has 0 saturated carbocycles. The van der Waals surface area contributed by atoms with Gasteiger partial charge in [0.25, 0.3) is 5.22 Å². The summed E-state index contributed by atoms with van der Waals surface area (Å²) in [5.41, 5.74) is 6.31. The van der Waals surface area contributed by atoms with E-state index in [9.17, 15) is 0 Å². The maximum absolute atomic E-state index is 5.70. The highest BCUT2D eigenvalue weighted by Crippen LogP contribution is 2.28. The summed E-state index contributed by atoms with van der Waals surface area (Å²) in [6.45, 7) is 1.73. The molecule has 0 saturated heterocycles. The van der Waals surface area contributed by atoms with Gasteiger partial charge < -0.3 is 10.2 Å². The molecule has 0 aliphatic carbocycles. The molecule has 74 valence electrons. The second kappa shape index (κ2) is 3.33. The lowest BCUT2D eigenvalue weighted by atomic mass is 10.6. The first-order valence-electron chi connectivity index (χ1n) is 3.92. The van der Waals surface area contributed by atoms with Gasteiger partial charge in [0.15, 0.2) is 5.03 Å². The summed E-state index contributed by atoms with van der Waals surface area (Å²) in [4.78, 5) is 0. The molecule has 6 nitrogen and oxygen atoms in total. The van der Waals surface area contributed by atoms with Crippen LogP contribution in [0.2, 0.25) is 0 Å². The van der Waals surface area contributed by atoms with Crippen LogP contribution in [0.25, 0.3) is 0 Å². The first-order valence-corrected chi connectivity index (χ1v) is 4.74. The van der Waals surface area contributed by atoms with Gasteiger partial charge in [0.1, 0.15) is 0 Å². The van der Waals surface area contributed by atoms with Crippen LogP contribution in [0, 0.1) is 6.92 Å². The highest BCUT2D eigenvalue weighted by Gasteiger charge is 2.10. The Kier molecular flexibility index (Phi) is 2.16. The van der Waals surface area contributed by atoms with Crippen molar-refractivity contribution >= 4 is 17.4 Å². The molecule has 2 aromatic rings. The Hall–Kier alpha value is -1.50. The summed E-state index contributed by atoms with van der Waals surface area (Å²) in [5, 5.41) is 12.8. The Morgan fingerprint density at radius 3 is 2.79 bits per heavy atom. The maximum Gasteiger partial charge on any atom is 0.283 e. The average Bonchev–Trinajstić information content (AvgIpc) is 2.61. The van der Waals surface area contributed by atoms with Crippen molar-refractivity contribution in [3.05, 3.63) is 12.1 Å². The Morgan fingerprint density at radius 1 is 1.50 bits per heavy atom. The molecule has 0 fully saturated rings. The van der Waals surface area contributed by atoms with Crippen LogP contribution in [0.1, 0.15) is 5.89 Å². The van der Waals surface area contributed by atoms with E-state index in [0.29, 0.717) is 21.8 Å². The first kappa shape index (κ1) is 9.07. The van der Waals surface area contributed by atoms with Gasteiger partial charge in [0, 0.05) is 20.2 Å². The smallest absolute Gasteiger partial charge is 0.283 e. The van der Waals surface area contributed by atoms with Gasteiger partial charge in [0.2, 0.25) is 5.89 Å². The third-order valence-electron chi connectivity index (χ3n) is 1.51. The van der Waals surface area contributed by atoms with Gasteiger partial charge in [-0.1, -0.05) is 0 Å². The third-order valence-corrected chi connectivity index (χ3v) is 2.36. The fourth-order valence-electron chi connectivity index (χ4n) is 0.968. The van der Waals surface area contributed by atoms with E-state index in [1.807, 2.05) is 0 Å². The van der Waals surface area contributed by atoms with Gasteiger partial charge in [-0.15, -0.1) is 10.2 Å². The van der Waals surface area contributed by atoms with E-state index in [1.54, 1.807) is 24.9 Å². The summed E-state index contributed by atoms with van der Waals surface area (Å²) >= 11 is 1.26. The molecule has 2 aromatic heterocycles. The molecule has 7 heteroatoms. The zero-order valence-electron chi connectivity index (χ0n) is 7.76. The molecule has 0 radical (unpaired) electrons. The Labute approximate surface area is 84.5 Å². The number of nitrogen functional groups attached to an aromatic ring is 1. The van der Waals surface area contributed by atoms with Crippen molar-refractivity contribution in [2.24, 2.45) is 7.05 Å². The van der Waals surface area contributed by atoms with E-state index in [4.69, 9.17) is 10.2 Å². The van der Waals surface area contributed by atoms with Gasteiger partial charge in [-0.3, -0.25) is 4.68 Å². The largest absolute Gasteiger partial charge is 0.416 e. The van der Waals surface area contributed by atoms with Crippen molar-refractivity contribution in [2.75, 3.05) is 5.73 Å². The summed E-state index contributed by atoms with van der Waals surface area (Å²) in [7, 11) is 1.81. The molecular formula is C7H9N5OS. The molecule has 0 unspecified atom stereocenters. The normalized spacial score (nSPS) is 10.7. The predicted molar refractivity (Wildman–Crippen MR) is 50.8 cm³/mol. The Balaban J connectivity index is 2.22. The van der Waals surface area contributed by atoms with E-state index < -0.39 is 0 Å². The van der Waals surface area contributed by atoms with Crippen LogP contribution in [0.5, 0.6) is 0 Å². The first-order chi connectivity index (χ1) is 6.65. The average molecular weight is 211 g/mol. The summed E-state index contributed by atoms with van der Waals surface area (Å²) < 4.78 is 6.83. The van der Waals surface area contributed by atoms with E-state index in [1.165, 1.54) is 11.8 Å². The lowest BCUT2D eigenvalue weighted by Crippen LogP contribution is -1.86. The fourth-order valence-corrected chi connectivity index (χ4v) is 1.72. The van der Waals surface area contributed by atoms with Crippen LogP contribution in [0.15, 0.2) is 20.9 Å². The summed E-state index contributed by atoms with van der Waals surface area (Å²) in [6, 6.07) is 0. The number of anilines is 1. The molecule has 2 heterocycles. The number of hydrogen-bond donors (Lipinski definition) is 1. The molecular weight excluding hydrogens is 202 g/mol. The number of nitrogens with zero attached hydrogens (tertiary/aromatic N) is 4. The highest BCUT2D eigenvalue weighted by molar-refractivity contribution is 7.99. The van der Waals surface area contributed by atoms with Crippen LogP contribution in [0.3, 0.4) is 0 Å². The lowest BCUT2D eigenvalue weighted by molar-refractivity contribution is 0.429. The van der Waals surface area contributed by atoms with E-state index in [0.717, 1.165) is 0 Å². The number of nitrogens with two attached hydrogens (primary N) is 1. The fraction of sp³-hybridized carbons (Fsp3) is 0.286. The Morgan fingerprint density at radius 2 is 2.29 bits per heavy atom. The van der Waals surface area contributed by atoms with Gasteiger partial charge in [-0.05, 0) is 11.8 Å². The van der Waals surface area contributed by atoms with Gasteiger partial charge in [-0.2, -0.15) is 5.10 Å². The van der Waals surface area contributed by atoms with Gasteiger partial charge >= 0.3 is 0 Å². The number of rotatable bonds is 2. The van der Waals surface area contributed by atoms with E-state index in [2.05, 4.69) is 15.3 Å². The molecule has 0 spiro atoms. The number of hydrogen-bond acceptors (Lipinski definition) is 6. The molecule has 14 heavy (non-hydrogen) atoms. The van der Waals surface area contributed by atoms with Crippen molar-refractivity contribution in [3.8, 4) is 0 Å². The second-order valence-corrected chi connectivity index (χ2v) is 3.69. The molecule has 0 amide bonds. The molecule has 0 aliphatic heterocycles. The van der Waals surface area contributed by atoms with Crippen molar-refractivity contribution in [3.63, 3.8) is 0 Å². The second-order valence-electron chi connectivity index (χ2n) is 2.75. The minimum atomic E-state index is 0.452. The summed E-state index contributed by atoms with van der Waals surface area (Å²) in [6.07, 6.45) is 1.73. The zero-order chi connectivity index (χ0) is 10.1. The van der Waals surface area contributed by atoms with Crippen LogP contribution in [-0.4, -0.2) is 20.0 Å². The highest BCUT2D eigenvalue weighted by atomic mass is 32.2. The van der Waals surface area contributed by atoms with Gasteiger partial charge in [-0.25, -0.2) is 0 Å². The molecule has 0 atom stereocenters. The molecule has 0 aliphatic rings. The predicted octanol–water partition coefficient (Wildman–Crippen LogP) is 0.845. The van der Waals surface area contributed by atoms with Crippen LogP contribution < -0.4 is 5.73 Å². The van der Waals surface area contributed by atoms with Crippen LogP contribution in [0.4, 0.5) is 5.69 Å². The minimum Gasteiger partial charge on any atom is -0.416 e. The number of aryl methyl sites for hydroxylation is 2. The topological polar surface area (TPSA) is 82.8 Å². The minimum absolute atomic E-state index is 0.452. The lowest BCUT2D eigenvalue weighted by Gasteiger charge is -1.90.